The lowest BCUT2D eigenvalue weighted by Gasteiger charge is -2.14. The van der Waals surface area contributed by atoms with E-state index in [9.17, 15) is 13.6 Å². The third-order valence-electron chi connectivity index (χ3n) is 2.13. The van der Waals surface area contributed by atoms with Crippen molar-refractivity contribution in [1.82, 2.24) is 0 Å². The van der Waals surface area contributed by atoms with Gasteiger partial charge in [-0.2, -0.15) is 8.78 Å². The number of benzene rings is 1. The van der Waals surface area contributed by atoms with Crippen LogP contribution in [0.25, 0.3) is 0 Å². The molecule has 0 aliphatic heterocycles. The zero-order valence-corrected chi connectivity index (χ0v) is 11.4. The molecule has 6 heteroatoms. The molecule has 0 saturated carbocycles. The van der Waals surface area contributed by atoms with Crippen LogP contribution >= 0.6 is 15.9 Å². The van der Waals surface area contributed by atoms with E-state index in [-0.39, 0.29) is 23.3 Å². The maximum Gasteiger partial charge on any atom is 0.387 e. The minimum Gasteiger partial charge on any atom is -0.493 e. The Bertz CT molecular complexity index is 410. The van der Waals surface area contributed by atoms with Gasteiger partial charge < -0.3 is 9.47 Å². The van der Waals surface area contributed by atoms with E-state index >= 15 is 0 Å². The highest BCUT2D eigenvalue weighted by molar-refractivity contribution is 9.09. The highest BCUT2D eigenvalue weighted by atomic mass is 79.9. The number of carbonyl (C=O) groups is 1. The molecule has 3 nitrogen and oxygen atoms in total. The molecule has 1 aromatic rings. The first kappa shape index (κ1) is 14.9. The summed E-state index contributed by atoms with van der Waals surface area (Å²) in [5.74, 6) is 0.233. The highest BCUT2D eigenvalue weighted by Gasteiger charge is 2.16. The van der Waals surface area contributed by atoms with Crippen molar-refractivity contribution in [2.75, 3.05) is 11.9 Å². The fourth-order valence-electron chi connectivity index (χ4n) is 1.46. The molecule has 0 atom stereocenters. The van der Waals surface area contributed by atoms with Gasteiger partial charge in [-0.25, -0.2) is 0 Å². The molecule has 0 saturated heterocycles. The van der Waals surface area contributed by atoms with Gasteiger partial charge in [0.05, 0.1) is 11.9 Å². The first-order valence-electron chi connectivity index (χ1n) is 5.35. The van der Waals surface area contributed by atoms with E-state index in [1.807, 2.05) is 0 Å². The van der Waals surface area contributed by atoms with Crippen LogP contribution in [-0.4, -0.2) is 24.3 Å². The molecule has 0 unspecified atom stereocenters. The van der Waals surface area contributed by atoms with Crippen molar-refractivity contribution in [3.8, 4) is 11.5 Å². The van der Waals surface area contributed by atoms with Crippen molar-refractivity contribution in [3.05, 3.63) is 23.8 Å². The topological polar surface area (TPSA) is 35.5 Å². The van der Waals surface area contributed by atoms with E-state index < -0.39 is 6.61 Å². The molecule has 0 amide bonds. The molecule has 18 heavy (non-hydrogen) atoms. The molecule has 100 valence electrons. The van der Waals surface area contributed by atoms with Crippen LogP contribution in [0.2, 0.25) is 0 Å². The summed E-state index contributed by atoms with van der Waals surface area (Å²) < 4.78 is 34.3. The number of ketones is 1. The number of alkyl halides is 3. The minimum atomic E-state index is -2.93. The molecule has 0 bridgehead atoms. The summed E-state index contributed by atoms with van der Waals surface area (Å²) in [4.78, 5) is 11.4. The molecule has 0 N–H and O–H groups in total. The zero-order chi connectivity index (χ0) is 13.5. The van der Waals surface area contributed by atoms with Crippen molar-refractivity contribution in [3.63, 3.8) is 0 Å². The Kier molecular flexibility index (Phi) is 6.04. The Balaban J connectivity index is 3.07. The van der Waals surface area contributed by atoms with Gasteiger partial charge in [0.15, 0.2) is 0 Å². The molecule has 0 spiro atoms. The Morgan fingerprint density at radius 1 is 1.39 bits per heavy atom. The predicted molar refractivity (Wildman–Crippen MR) is 66.7 cm³/mol. The van der Waals surface area contributed by atoms with Gasteiger partial charge in [-0.05, 0) is 19.1 Å². The quantitative estimate of drug-likeness (QED) is 0.723. The second kappa shape index (κ2) is 7.31. The molecular weight excluding hydrogens is 310 g/mol. The first-order chi connectivity index (χ1) is 8.58. The first-order valence-corrected chi connectivity index (χ1v) is 6.47. The van der Waals surface area contributed by atoms with Gasteiger partial charge in [0.1, 0.15) is 17.3 Å². The summed E-state index contributed by atoms with van der Waals surface area (Å²) in [6.07, 6.45) is -0.0104. The normalized spacial score (nSPS) is 10.5. The summed E-state index contributed by atoms with van der Waals surface area (Å²) in [7, 11) is 0. The largest absolute Gasteiger partial charge is 0.493 e. The molecule has 0 aliphatic rings. The Labute approximate surface area is 112 Å². The number of carbonyl (C=O) groups excluding carboxylic acids is 1. The number of ether oxygens (including phenoxy) is 2. The van der Waals surface area contributed by atoms with Crippen LogP contribution in [0.1, 0.15) is 12.5 Å². The van der Waals surface area contributed by atoms with Crippen molar-refractivity contribution in [2.24, 2.45) is 0 Å². The molecule has 0 heterocycles. The number of rotatable bonds is 7. The highest BCUT2D eigenvalue weighted by Crippen LogP contribution is 2.30. The fraction of sp³-hybridized carbons (Fsp3) is 0.417. The van der Waals surface area contributed by atoms with Crippen LogP contribution in [0.3, 0.4) is 0 Å². The maximum atomic E-state index is 12.3. The molecule has 0 aliphatic carbocycles. The van der Waals surface area contributed by atoms with E-state index in [0.29, 0.717) is 17.9 Å². The van der Waals surface area contributed by atoms with Crippen molar-refractivity contribution in [2.45, 2.75) is 20.0 Å². The standard InChI is InChI=1S/C12H13BrF2O3/c1-2-17-10-4-3-5-11(18-12(14)15)9(10)6-8(16)7-13/h3-5,12H,2,6-7H2,1H3. The van der Waals surface area contributed by atoms with E-state index in [1.165, 1.54) is 6.07 Å². The molecular formula is C12H13BrF2O3. The van der Waals surface area contributed by atoms with E-state index in [1.54, 1.807) is 19.1 Å². The van der Waals surface area contributed by atoms with Crippen LogP contribution in [0.4, 0.5) is 8.78 Å². The van der Waals surface area contributed by atoms with E-state index in [2.05, 4.69) is 20.7 Å². The van der Waals surface area contributed by atoms with Gasteiger partial charge >= 0.3 is 6.61 Å². The molecule has 1 aromatic carbocycles. The second-order valence-corrected chi connectivity index (χ2v) is 3.95. The van der Waals surface area contributed by atoms with Gasteiger partial charge in [-0.15, -0.1) is 0 Å². The van der Waals surface area contributed by atoms with Crippen molar-refractivity contribution < 1.29 is 23.0 Å². The maximum absolute atomic E-state index is 12.3. The summed E-state index contributed by atoms with van der Waals surface area (Å²) in [5.41, 5.74) is 0.351. The van der Waals surface area contributed by atoms with E-state index in [4.69, 9.17) is 4.74 Å². The molecule has 1 rings (SSSR count). The molecule has 0 fully saturated rings. The minimum absolute atomic E-state index is 0.0104. The lowest BCUT2D eigenvalue weighted by molar-refractivity contribution is -0.116. The van der Waals surface area contributed by atoms with Crippen molar-refractivity contribution in [1.29, 1.82) is 0 Å². The van der Waals surface area contributed by atoms with Crippen LogP contribution < -0.4 is 9.47 Å². The van der Waals surface area contributed by atoms with E-state index in [0.717, 1.165) is 0 Å². The molecule has 0 radical (unpaired) electrons. The Morgan fingerprint density at radius 2 is 2.06 bits per heavy atom. The van der Waals surface area contributed by atoms with Crippen LogP contribution in [0, 0.1) is 0 Å². The number of hydrogen-bond acceptors (Lipinski definition) is 3. The van der Waals surface area contributed by atoms with Crippen LogP contribution in [-0.2, 0) is 11.2 Å². The van der Waals surface area contributed by atoms with Crippen LogP contribution in [0.5, 0.6) is 11.5 Å². The van der Waals surface area contributed by atoms with Gasteiger partial charge in [-0.1, -0.05) is 22.0 Å². The van der Waals surface area contributed by atoms with Crippen LogP contribution in [0.15, 0.2) is 18.2 Å². The average Bonchev–Trinajstić information content (AvgIpc) is 2.32. The summed E-state index contributed by atoms with van der Waals surface area (Å²) >= 11 is 3.03. The summed E-state index contributed by atoms with van der Waals surface area (Å²) in [6, 6.07) is 4.56. The summed E-state index contributed by atoms with van der Waals surface area (Å²) in [6.45, 7) is -0.774. The van der Waals surface area contributed by atoms with Crippen molar-refractivity contribution >= 4 is 21.7 Å². The monoisotopic (exact) mass is 322 g/mol. The van der Waals surface area contributed by atoms with Gasteiger partial charge in [-0.3, -0.25) is 4.79 Å². The third-order valence-corrected chi connectivity index (χ3v) is 2.75. The fourth-order valence-corrected chi connectivity index (χ4v) is 1.66. The SMILES string of the molecule is CCOc1cccc(OC(F)F)c1CC(=O)CBr. The second-order valence-electron chi connectivity index (χ2n) is 3.39. The Hall–Kier alpha value is -1.17. The molecule has 0 aromatic heterocycles. The van der Waals surface area contributed by atoms with Gasteiger partial charge in [0.2, 0.25) is 0 Å². The number of halogens is 3. The van der Waals surface area contributed by atoms with Gasteiger partial charge in [0, 0.05) is 12.0 Å². The Morgan fingerprint density at radius 3 is 2.61 bits per heavy atom. The third kappa shape index (κ3) is 4.25. The predicted octanol–water partition coefficient (Wildman–Crippen LogP) is 3.19. The lowest BCUT2D eigenvalue weighted by atomic mass is 10.1. The number of Topliss-reactive ketones (excluding diaryl/α,β-unsaturated/α-hetero) is 1. The summed E-state index contributed by atoms with van der Waals surface area (Å²) in [5, 5.41) is 0.154. The number of hydrogen-bond donors (Lipinski definition) is 0. The lowest BCUT2D eigenvalue weighted by Crippen LogP contribution is -2.10. The zero-order valence-electron chi connectivity index (χ0n) is 9.79. The van der Waals surface area contributed by atoms with Gasteiger partial charge in [0.25, 0.3) is 0 Å². The average molecular weight is 323 g/mol. The smallest absolute Gasteiger partial charge is 0.387 e.